The molecule has 2 aromatic carbocycles. The van der Waals surface area contributed by atoms with Gasteiger partial charge in [-0.3, -0.25) is 19.0 Å². The Balaban J connectivity index is 1.19. The summed E-state index contributed by atoms with van der Waals surface area (Å²) < 4.78 is 57.8. The van der Waals surface area contributed by atoms with Crippen molar-refractivity contribution in [1.29, 1.82) is 0 Å². The number of nitrogens with zero attached hydrogens (tertiary/aromatic N) is 4. The van der Waals surface area contributed by atoms with Crippen LogP contribution in [-0.4, -0.2) is 105 Å². The monoisotopic (exact) mass is 926 g/mol. The summed E-state index contributed by atoms with van der Waals surface area (Å²) in [5.41, 5.74) is -1.93. The van der Waals surface area contributed by atoms with E-state index in [2.05, 4.69) is 15.6 Å². The van der Waals surface area contributed by atoms with Gasteiger partial charge in [0, 0.05) is 54.1 Å². The standard InChI is InChI=1S/C45H53ClF2N6O11/c1-9-26(2)53(38(57)31-24-27-14-10-11-15-28(27)36(50-31)29-16-12-13-17-30(29)46)23-21-49-34(55)18-19-35(56)51-33-20-22-54(40(58)52-33)39-45(47,48)37(63-42(60)65-44(6,7)8)32(62-39)25-61-41(59)64-43(3,4)5/h10-17,20,22,24,26,32,37,39H,9,18-19,21,23,25H2,1-8H3,(H,49,55)(H,51,52,56,58)/t26?,32-,37-,39-/m1/s1. The molecule has 1 fully saturated rings. The molecule has 4 aromatic rings. The van der Waals surface area contributed by atoms with Crippen molar-refractivity contribution in [2.75, 3.05) is 25.0 Å². The molecular weight excluding hydrogens is 874 g/mol. The van der Waals surface area contributed by atoms with Crippen molar-refractivity contribution in [1.82, 2.24) is 24.8 Å². The highest BCUT2D eigenvalue weighted by molar-refractivity contribution is 6.33. The number of benzene rings is 2. The third-order valence-corrected chi connectivity index (χ3v) is 10.1. The zero-order valence-electron chi connectivity index (χ0n) is 37.3. The molecular formula is C45H53ClF2N6O11. The highest BCUT2D eigenvalue weighted by atomic mass is 35.5. The van der Waals surface area contributed by atoms with Crippen LogP contribution in [0.2, 0.25) is 5.02 Å². The van der Waals surface area contributed by atoms with Gasteiger partial charge in [0.1, 0.15) is 35.4 Å². The van der Waals surface area contributed by atoms with Crippen LogP contribution >= 0.6 is 11.6 Å². The number of pyridine rings is 1. The number of amides is 3. The number of rotatable bonds is 15. The minimum atomic E-state index is -4.10. The molecule has 3 amide bonds. The highest BCUT2D eigenvalue weighted by Gasteiger charge is 2.63. The lowest BCUT2D eigenvalue weighted by Crippen LogP contribution is -2.45. The molecule has 65 heavy (non-hydrogen) atoms. The number of hydrogen-bond acceptors (Lipinski definition) is 13. The van der Waals surface area contributed by atoms with Crippen LogP contribution in [0.1, 0.15) is 91.4 Å². The summed E-state index contributed by atoms with van der Waals surface area (Å²) in [6.45, 7) is 12.3. The molecule has 17 nitrogen and oxygen atoms in total. The van der Waals surface area contributed by atoms with Crippen molar-refractivity contribution >= 4 is 58.2 Å². The predicted molar refractivity (Wildman–Crippen MR) is 234 cm³/mol. The molecule has 1 aliphatic heterocycles. The maximum Gasteiger partial charge on any atom is 0.509 e. The Morgan fingerprint density at radius 1 is 0.923 bits per heavy atom. The van der Waals surface area contributed by atoms with Gasteiger partial charge in [-0.2, -0.15) is 13.8 Å². The molecule has 3 heterocycles. The van der Waals surface area contributed by atoms with Gasteiger partial charge in [0.15, 0.2) is 0 Å². The quantitative estimate of drug-likeness (QED) is 0.110. The van der Waals surface area contributed by atoms with E-state index in [1.54, 1.807) is 37.8 Å². The lowest BCUT2D eigenvalue weighted by atomic mass is 10.0. The van der Waals surface area contributed by atoms with Gasteiger partial charge in [0.2, 0.25) is 24.1 Å². The number of halogens is 3. The van der Waals surface area contributed by atoms with Crippen LogP contribution in [0.4, 0.5) is 24.2 Å². The van der Waals surface area contributed by atoms with E-state index in [-0.39, 0.29) is 49.4 Å². The number of carbonyl (C=O) groups excluding carboxylic acids is 5. The van der Waals surface area contributed by atoms with E-state index >= 15 is 8.78 Å². The first-order valence-corrected chi connectivity index (χ1v) is 21.2. The van der Waals surface area contributed by atoms with E-state index < -0.39 is 72.0 Å². The number of nitrogens with one attached hydrogen (secondary N) is 2. The summed E-state index contributed by atoms with van der Waals surface area (Å²) >= 11 is 6.54. The number of carbonyl (C=O) groups is 5. The normalized spacial score (nSPS) is 17.4. The topological polar surface area (TPSA) is 207 Å². The number of hydrogen-bond donors (Lipinski definition) is 2. The average molecular weight is 927 g/mol. The van der Waals surface area contributed by atoms with Crippen molar-refractivity contribution < 1.29 is 56.4 Å². The second-order valence-corrected chi connectivity index (χ2v) is 17.6. The molecule has 5 rings (SSSR count). The Bertz CT molecular complexity index is 2460. The molecule has 0 bridgehead atoms. The summed E-state index contributed by atoms with van der Waals surface area (Å²) in [7, 11) is 0. The van der Waals surface area contributed by atoms with Crippen molar-refractivity contribution in [2.24, 2.45) is 0 Å². The summed E-state index contributed by atoms with van der Waals surface area (Å²) in [6, 6.07) is 17.3. The molecule has 2 N–H and O–H groups in total. The van der Waals surface area contributed by atoms with Gasteiger partial charge in [-0.25, -0.2) is 19.4 Å². The highest BCUT2D eigenvalue weighted by Crippen LogP contribution is 2.44. The van der Waals surface area contributed by atoms with E-state index in [4.69, 9.17) is 40.3 Å². The maximum absolute atomic E-state index is 16.0. The zero-order valence-corrected chi connectivity index (χ0v) is 38.1. The fourth-order valence-electron chi connectivity index (χ4n) is 6.61. The van der Waals surface area contributed by atoms with Gasteiger partial charge >= 0.3 is 23.9 Å². The van der Waals surface area contributed by atoms with Crippen LogP contribution < -0.4 is 16.3 Å². The first-order valence-electron chi connectivity index (χ1n) is 20.9. The van der Waals surface area contributed by atoms with Gasteiger partial charge in [-0.15, -0.1) is 0 Å². The van der Waals surface area contributed by atoms with E-state index in [0.29, 0.717) is 27.3 Å². The number of aromatic nitrogens is 3. The molecule has 1 unspecified atom stereocenters. The SMILES string of the molecule is CCC(C)N(CCNC(=O)CCC(=O)Nc1ccn([C@@H]2O[C@H](COC(=O)OC(C)(C)C)[C@@H](OC(=O)OC(C)(C)C)C2(F)F)c(=O)n1)C(=O)c1cc2ccccc2c(-c2ccccc2Cl)n1. The number of anilines is 1. The lowest BCUT2D eigenvalue weighted by Gasteiger charge is -2.29. The second kappa shape index (κ2) is 20.7. The Kier molecular flexibility index (Phi) is 15.9. The number of ether oxygens (including phenoxy) is 5. The summed E-state index contributed by atoms with van der Waals surface area (Å²) in [5.74, 6) is -5.97. The molecule has 0 aliphatic carbocycles. The molecule has 1 aliphatic rings. The first-order chi connectivity index (χ1) is 30.5. The van der Waals surface area contributed by atoms with Crippen molar-refractivity contribution in [3.63, 3.8) is 0 Å². The van der Waals surface area contributed by atoms with Gasteiger partial charge < -0.3 is 39.2 Å². The van der Waals surface area contributed by atoms with E-state index in [0.717, 1.165) is 23.0 Å². The van der Waals surface area contributed by atoms with Gasteiger partial charge in [0.05, 0.1) is 5.69 Å². The fraction of sp³-hybridized carbons (Fsp3) is 0.467. The van der Waals surface area contributed by atoms with Crippen LogP contribution in [0.5, 0.6) is 0 Å². The molecule has 0 spiro atoms. The zero-order chi connectivity index (χ0) is 47.9. The van der Waals surface area contributed by atoms with E-state index in [9.17, 15) is 28.8 Å². The Labute approximate surface area is 379 Å². The van der Waals surface area contributed by atoms with Crippen LogP contribution in [-0.2, 0) is 33.3 Å². The smallest absolute Gasteiger partial charge is 0.431 e. The Morgan fingerprint density at radius 2 is 1.57 bits per heavy atom. The van der Waals surface area contributed by atoms with E-state index in [1.807, 2.05) is 56.3 Å². The summed E-state index contributed by atoms with van der Waals surface area (Å²) in [5, 5.41) is 7.19. The van der Waals surface area contributed by atoms with Crippen LogP contribution in [0.25, 0.3) is 22.0 Å². The van der Waals surface area contributed by atoms with Crippen LogP contribution in [0.15, 0.2) is 71.7 Å². The summed E-state index contributed by atoms with van der Waals surface area (Å²) in [6.07, 6.45) is -8.38. The molecule has 0 radical (unpaired) electrons. The van der Waals surface area contributed by atoms with Crippen LogP contribution in [0.3, 0.4) is 0 Å². The average Bonchev–Trinajstić information content (AvgIpc) is 3.46. The van der Waals surface area contributed by atoms with Crippen molar-refractivity contribution in [3.05, 3.63) is 88.1 Å². The maximum atomic E-state index is 16.0. The minimum absolute atomic E-state index is 0.0623. The third kappa shape index (κ3) is 13.2. The Morgan fingerprint density at radius 3 is 2.23 bits per heavy atom. The minimum Gasteiger partial charge on any atom is -0.431 e. The molecule has 2 aromatic heterocycles. The molecule has 20 heteroatoms. The molecule has 1 saturated heterocycles. The Hall–Kier alpha value is -6.21. The van der Waals surface area contributed by atoms with Gasteiger partial charge in [-0.1, -0.05) is 61.0 Å². The van der Waals surface area contributed by atoms with Crippen LogP contribution in [0, 0.1) is 0 Å². The van der Waals surface area contributed by atoms with E-state index in [1.165, 1.54) is 20.8 Å². The summed E-state index contributed by atoms with van der Waals surface area (Å²) in [4.78, 5) is 87.5. The largest absolute Gasteiger partial charge is 0.509 e. The van der Waals surface area contributed by atoms with Crippen molar-refractivity contribution in [3.8, 4) is 11.3 Å². The second-order valence-electron chi connectivity index (χ2n) is 17.2. The number of fused-ring (bicyclic) bond motifs is 1. The van der Waals surface area contributed by atoms with Gasteiger partial charge in [-0.05, 0) is 78.5 Å². The molecule has 350 valence electrons. The number of alkyl halides is 2. The van der Waals surface area contributed by atoms with Crippen molar-refractivity contribution in [2.45, 2.75) is 116 Å². The lowest BCUT2D eigenvalue weighted by molar-refractivity contribution is -0.149. The molecule has 0 saturated carbocycles. The fourth-order valence-corrected chi connectivity index (χ4v) is 6.83. The molecule has 4 atom stereocenters. The predicted octanol–water partition coefficient (Wildman–Crippen LogP) is 7.69. The first kappa shape index (κ1) is 49.8. The van der Waals surface area contributed by atoms with Gasteiger partial charge in [0.25, 0.3) is 5.91 Å². The third-order valence-electron chi connectivity index (χ3n) is 9.79.